The van der Waals surface area contributed by atoms with E-state index in [-0.39, 0.29) is 0 Å². The van der Waals surface area contributed by atoms with E-state index in [0.717, 1.165) is 33.6 Å². The summed E-state index contributed by atoms with van der Waals surface area (Å²) in [4.78, 5) is 0. The lowest BCUT2D eigenvalue weighted by atomic mass is 9.91. The maximum Gasteiger partial charge on any atom is 0.0400 e. The lowest BCUT2D eigenvalue weighted by molar-refractivity contribution is 1.56. The third-order valence-electron chi connectivity index (χ3n) is 4.55. The third-order valence-corrected chi connectivity index (χ3v) is 4.55. The molecule has 0 aliphatic heterocycles. The largest absolute Gasteiger partial charge is 0.399 e. The Morgan fingerprint density at radius 2 is 1.12 bits per heavy atom. The van der Waals surface area contributed by atoms with Crippen molar-refractivity contribution in [2.75, 3.05) is 11.5 Å². The van der Waals surface area contributed by atoms with Crippen molar-refractivity contribution < 1.29 is 0 Å². The average molecular weight is 336 g/mol. The summed E-state index contributed by atoms with van der Waals surface area (Å²) in [7, 11) is 0. The molecular formula is C24H20N2. The minimum atomic E-state index is 0.744. The quantitative estimate of drug-likeness (QED) is 0.461. The van der Waals surface area contributed by atoms with E-state index in [2.05, 4.69) is 60.7 Å². The van der Waals surface area contributed by atoms with Crippen LogP contribution in [0.15, 0.2) is 97.1 Å². The van der Waals surface area contributed by atoms with Gasteiger partial charge in [0.15, 0.2) is 0 Å². The molecule has 2 nitrogen and oxygen atoms in total. The fourth-order valence-corrected chi connectivity index (χ4v) is 3.32. The number of hydrogen-bond acceptors (Lipinski definition) is 2. The molecule has 0 aliphatic carbocycles. The average Bonchev–Trinajstić information content (AvgIpc) is 2.68. The molecular weight excluding hydrogens is 316 g/mol. The molecule has 4 N–H and O–H groups in total. The zero-order valence-electron chi connectivity index (χ0n) is 14.4. The number of anilines is 2. The molecule has 0 saturated heterocycles. The van der Waals surface area contributed by atoms with Crippen LogP contribution in [0.1, 0.15) is 0 Å². The summed E-state index contributed by atoms with van der Waals surface area (Å²) in [5.74, 6) is 0. The molecule has 0 radical (unpaired) electrons. The maximum absolute atomic E-state index is 6.39. The Morgan fingerprint density at radius 1 is 0.462 bits per heavy atom. The van der Waals surface area contributed by atoms with Gasteiger partial charge in [0.2, 0.25) is 0 Å². The number of nitrogen functional groups attached to an aromatic ring is 2. The van der Waals surface area contributed by atoms with E-state index in [1.807, 2.05) is 36.4 Å². The summed E-state index contributed by atoms with van der Waals surface area (Å²) in [6.07, 6.45) is 0. The van der Waals surface area contributed by atoms with Crippen LogP contribution < -0.4 is 11.5 Å². The van der Waals surface area contributed by atoms with Crippen LogP contribution in [0.25, 0.3) is 33.4 Å². The van der Waals surface area contributed by atoms with Crippen molar-refractivity contribution >= 4 is 11.4 Å². The highest BCUT2D eigenvalue weighted by atomic mass is 14.6. The number of hydrogen-bond donors (Lipinski definition) is 2. The summed E-state index contributed by atoms with van der Waals surface area (Å²) in [5.41, 5.74) is 20.5. The van der Waals surface area contributed by atoms with Crippen LogP contribution in [-0.2, 0) is 0 Å². The summed E-state index contributed by atoms with van der Waals surface area (Å²) >= 11 is 0. The maximum atomic E-state index is 6.39. The zero-order chi connectivity index (χ0) is 17.9. The van der Waals surface area contributed by atoms with Gasteiger partial charge in [-0.3, -0.25) is 0 Å². The van der Waals surface area contributed by atoms with Gasteiger partial charge in [0.1, 0.15) is 0 Å². The van der Waals surface area contributed by atoms with Gasteiger partial charge >= 0.3 is 0 Å². The molecule has 0 heterocycles. The molecule has 4 aromatic carbocycles. The summed E-state index contributed by atoms with van der Waals surface area (Å²) in [6, 6.07) is 32.8. The first kappa shape index (κ1) is 16.0. The van der Waals surface area contributed by atoms with E-state index < -0.39 is 0 Å². The van der Waals surface area contributed by atoms with E-state index in [9.17, 15) is 0 Å². The molecule has 0 aliphatic rings. The second-order valence-corrected chi connectivity index (χ2v) is 6.34. The van der Waals surface area contributed by atoms with Crippen LogP contribution in [-0.4, -0.2) is 0 Å². The molecule has 2 heteroatoms. The van der Waals surface area contributed by atoms with E-state index in [4.69, 9.17) is 11.5 Å². The van der Waals surface area contributed by atoms with E-state index >= 15 is 0 Å². The van der Waals surface area contributed by atoms with Gasteiger partial charge in [-0.15, -0.1) is 0 Å². The fourth-order valence-electron chi connectivity index (χ4n) is 3.32. The fraction of sp³-hybridized carbons (Fsp3) is 0. The van der Waals surface area contributed by atoms with E-state index in [0.29, 0.717) is 0 Å². The van der Waals surface area contributed by atoms with Gasteiger partial charge in [-0.1, -0.05) is 72.8 Å². The van der Waals surface area contributed by atoms with Crippen LogP contribution in [0.3, 0.4) is 0 Å². The Kier molecular flexibility index (Phi) is 4.16. The van der Waals surface area contributed by atoms with Gasteiger partial charge in [0.25, 0.3) is 0 Å². The number of benzene rings is 4. The molecule has 0 atom stereocenters. The summed E-state index contributed by atoms with van der Waals surface area (Å²) in [6.45, 7) is 0. The minimum absolute atomic E-state index is 0.744. The molecule has 4 aromatic rings. The standard InChI is InChI=1S/C24H20N2/c25-21-12-5-10-19(16-21)22-13-6-14-23(26)24(22)20-11-4-9-18(15-20)17-7-2-1-3-8-17/h1-16H,25-26H2. The Labute approximate surface area is 153 Å². The van der Waals surface area contributed by atoms with Crippen molar-refractivity contribution in [3.8, 4) is 33.4 Å². The molecule has 0 fully saturated rings. The van der Waals surface area contributed by atoms with Crippen molar-refractivity contribution in [1.29, 1.82) is 0 Å². The van der Waals surface area contributed by atoms with Gasteiger partial charge in [-0.2, -0.15) is 0 Å². The molecule has 0 unspecified atom stereocenters. The topological polar surface area (TPSA) is 52.0 Å². The van der Waals surface area contributed by atoms with Crippen LogP contribution in [0.2, 0.25) is 0 Å². The Bertz CT molecular complexity index is 1050. The monoisotopic (exact) mass is 336 g/mol. The first-order valence-electron chi connectivity index (χ1n) is 8.62. The van der Waals surface area contributed by atoms with Gasteiger partial charge < -0.3 is 11.5 Å². The second-order valence-electron chi connectivity index (χ2n) is 6.34. The van der Waals surface area contributed by atoms with Crippen molar-refractivity contribution in [3.63, 3.8) is 0 Å². The number of nitrogens with two attached hydrogens (primary N) is 2. The minimum Gasteiger partial charge on any atom is -0.399 e. The van der Waals surface area contributed by atoms with Crippen LogP contribution in [0, 0.1) is 0 Å². The van der Waals surface area contributed by atoms with Gasteiger partial charge in [0, 0.05) is 16.9 Å². The molecule has 0 amide bonds. The normalized spacial score (nSPS) is 10.6. The molecule has 0 spiro atoms. The number of rotatable bonds is 3. The highest BCUT2D eigenvalue weighted by Crippen LogP contribution is 2.38. The smallest absolute Gasteiger partial charge is 0.0400 e. The van der Waals surface area contributed by atoms with E-state index in [1.165, 1.54) is 11.1 Å². The second kappa shape index (κ2) is 6.77. The molecule has 26 heavy (non-hydrogen) atoms. The van der Waals surface area contributed by atoms with Gasteiger partial charge in [-0.25, -0.2) is 0 Å². The lowest BCUT2D eigenvalue weighted by Gasteiger charge is -2.14. The van der Waals surface area contributed by atoms with Crippen LogP contribution in [0.5, 0.6) is 0 Å². The van der Waals surface area contributed by atoms with Crippen molar-refractivity contribution in [1.82, 2.24) is 0 Å². The van der Waals surface area contributed by atoms with Crippen molar-refractivity contribution in [2.24, 2.45) is 0 Å². The molecule has 0 aromatic heterocycles. The first-order valence-corrected chi connectivity index (χ1v) is 8.62. The molecule has 126 valence electrons. The Morgan fingerprint density at radius 3 is 1.92 bits per heavy atom. The summed E-state index contributed by atoms with van der Waals surface area (Å²) in [5, 5.41) is 0. The predicted molar refractivity (Wildman–Crippen MR) is 112 cm³/mol. The highest BCUT2D eigenvalue weighted by molar-refractivity contribution is 5.92. The molecule has 4 rings (SSSR count). The summed E-state index contributed by atoms with van der Waals surface area (Å²) < 4.78 is 0. The van der Waals surface area contributed by atoms with Gasteiger partial charge in [0.05, 0.1) is 0 Å². The lowest BCUT2D eigenvalue weighted by Crippen LogP contribution is -1.94. The third kappa shape index (κ3) is 3.05. The Hall–Kier alpha value is -3.52. The SMILES string of the molecule is Nc1cccc(-c2cccc(N)c2-c2cccc(-c3ccccc3)c2)c1. The predicted octanol–water partition coefficient (Wildman–Crippen LogP) is 5.85. The first-order chi connectivity index (χ1) is 12.7. The molecule has 0 bridgehead atoms. The van der Waals surface area contributed by atoms with Crippen molar-refractivity contribution in [2.45, 2.75) is 0 Å². The van der Waals surface area contributed by atoms with Crippen LogP contribution >= 0.6 is 0 Å². The van der Waals surface area contributed by atoms with Gasteiger partial charge in [-0.05, 0) is 52.1 Å². The van der Waals surface area contributed by atoms with E-state index in [1.54, 1.807) is 0 Å². The Balaban J connectivity index is 1.89. The van der Waals surface area contributed by atoms with Crippen molar-refractivity contribution in [3.05, 3.63) is 97.1 Å². The molecule has 0 saturated carbocycles. The van der Waals surface area contributed by atoms with Crippen LogP contribution in [0.4, 0.5) is 11.4 Å². The highest BCUT2D eigenvalue weighted by Gasteiger charge is 2.12. The zero-order valence-corrected chi connectivity index (χ0v) is 14.4.